The third kappa shape index (κ3) is 4.16. The van der Waals surface area contributed by atoms with Gasteiger partial charge in [0.2, 0.25) is 5.91 Å². The van der Waals surface area contributed by atoms with E-state index in [4.69, 9.17) is 4.74 Å². The highest BCUT2D eigenvalue weighted by Crippen LogP contribution is 2.19. The molecule has 2 aromatic carbocycles. The monoisotopic (exact) mass is 411 g/mol. The number of aromatic nitrogens is 3. The van der Waals surface area contributed by atoms with Gasteiger partial charge < -0.3 is 9.64 Å². The normalized spacial score (nSPS) is 14.8. The molecular formula is C21H22FN5O3. The van der Waals surface area contributed by atoms with Gasteiger partial charge in [-0.05, 0) is 29.8 Å². The van der Waals surface area contributed by atoms with Gasteiger partial charge >= 0.3 is 0 Å². The summed E-state index contributed by atoms with van der Waals surface area (Å²) in [6, 6.07) is 11.9. The topological polar surface area (TPSA) is 80.6 Å². The van der Waals surface area contributed by atoms with Gasteiger partial charge in [0.15, 0.2) is 11.6 Å². The number of piperazine rings is 1. The van der Waals surface area contributed by atoms with Crippen LogP contribution in [0.2, 0.25) is 0 Å². The van der Waals surface area contributed by atoms with Gasteiger partial charge in [-0.25, -0.2) is 9.07 Å². The van der Waals surface area contributed by atoms with Gasteiger partial charge in [0, 0.05) is 32.7 Å². The number of benzene rings is 2. The number of hydrogen-bond donors (Lipinski definition) is 0. The average Bonchev–Trinajstić information content (AvgIpc) is 2.76. The summed E-state index contributed by atoms with van der Waals surface area (Å²) < 4.78 is 19.9. The second-order valence-corrected chi connectivity index (χ2v) is 7.20. The van der Waals surface area contributed by atoms with Crippen LogP contribution in [0.1, 0.15) is 5.56 Å². The van der Waals surface area contributed by atoms with Gasteiger partial charge in [0.1, 0.15) is 12.1 Å². The van der Waals surface area contributed by atoms with Crippen LogP contribution in [-0.2, 0) is 17.9 Å². The number of methoxy groups -OCH3 is 1. The lowest BCUT2D eigenvalue weighted by atomic mass is 10.2. The van der Waals surface area contributed by atoms with Crippen LogP contribution in [0.15, 0.2) is 47.3 Å². The molecule has 0 aliphatic carbocycles. The molecule has 0 atom stereocenters. The van der Waals surface area contributed by atoms with Gasteiger partial charge in [-0.3, -0.25) is 14.5 Å². The molecule has 30 heavy (non-hydrogen) atoms. The molecule has 0 spiro atoms. The molecular weight excluding hydrogens is 389 g/mol. The summed E-state index contributed by atoms with van der Waals surface area (Å²) in [6.45, 7) is 2.86. The number of rotatable bonds is 5. The lowest BCUT2D eigenvalue weighted by Crippen LogP contribution is -2.49. The van der Waals surface area contributed by atoms with Crippen LogP contribution in [0, 0.1) is 5.82 Å². The lowest BCUT2D eigenvalue weighted by Gasteiger charge is -2.34. The van der Waals surface area contributed by atoms with E-state index in [1.807, 2.05) is 6.07 Å². The number of carbonyl (C=O) groups excluding carboxylic acids is 1. The minimum absolute atomic E-state index is 0.139. The van der Waals surface area contributed by atoms with E-state index in [2.05, 4.69) is 15.2 Å². The molecule has 3 aromatic rings. The van der Waals surface area contributed by atoms with Crippen molar-refractivity contribution in [1.29, 1.82) is 0 Å². The second kappa shape index (κ2) is 8.58. The molecule has 156 valence electrons. The molecule has 8 nitrogen and oxygen atoms in total. The zero-order valence-electron chi connectivity index (χ0n) is 16.6. The van der Waals surface area contributed by atoms with Gasteiger partial charge in [-0.2, -0.15) is 0 Å². The summed E-state index contributed by atoms with van der Waals surface area (Å²) >= 11 is 0. The molecule has 1 aliphatic heterocycles. The largest absolute Gasteiger partial charge is 0.494 e. The Labute approximate surface area is 172 Å². The van der Waals surface area contributed by atoms with E-state index in [1.165, 1.54) is 13.2 Å². The first kappa shape index (κ1) is 20.0. The average molecular weight is 411 g/mol. The fourth-order valence-electron chi connectivity index (χ4n) is 3.58. The molecule has 4 rings (SSSR count). The van der Waals surface area contributed by atoms with Crippen molar-refractivity contribution in [2.45, 2.75) is 13.1 Å². The van der Waals surface area contributed by atoms with Crippen molar-refractivity contribution >= 4 is 16.8 Å². The maximum absolute atomic E-state index is 13.9. The second-order valence-electron chi connectivity index (χ2n) is 7.20. The fraction of sp³-hybridized carbons (Fsp3) is 0.333. The molecule has 0 N–H and O–H groups in total. The zero-order chi connectivity index (χ0) is 21.1. The Kier molecular flexibility index (Phi) is 5.71. The van der Waals surface area contributed by atoms with Crippen molar-refractivity contribution in [1.82, 2.24) is 24.8 Å². The maximum atomic E-state index is 13.9. The first-order valence-electron chi connectivity index (χ1n) is 9.70. The molecule has 1 aliphatic rings. The summed E-state index contributed by atoms with van der Waals surface area (Å²) in [5.41, 5.74) is 1.04. The third-order valence-electron chi connectivity index (χ3n) is 5.26. The van der Waals surface area contributed by atoms with Gasteiger partial charge in [-0.1, -0.05) is 23.4 Å². The van der Waals surface area contributed by atoms with Crippen LogP contribution in [0.25, 0.3) is 10.9 Å². The Morgan fingerprint density at radius 2 is 1.90 bits per heavy atom. The predicted octanol–water partition coefficient (Wildman–Crippen LogP) is 1.28. The van der Waals surface area contributed by atoms with E-state index in [9.17, 15) is 14.0 Å². The summed E-state index contributed by atoms with van der Waals surface area (Å²) in [5.74, 6) is -0.330. The molecule has 0 radical (unpaired) electrons. The van der Waals surface area contributed by atoms with E-state index in [1.54, 1.807) is 35.2 Å². The third-order valence-corrected chi connectivity index (χ3v) is 5.26. The quantitative estimate of drug-likeness (QED) is 0.629. The summed E-state index contributed by atoms with van der Waals surface area (Å²) in [6.07, 6.45) is 0. The molecule has 1 saturated heterocycles. The Morgan fingerprint density at radius 1 is 1.13 bits per heavy atom. The highest BCUT2D eigenvalue weighted by atomic mass is 19.1. The van der Waals surface area contributed by atoms with Crippen LogP contribution >= 0.6 is 0 Å². The minimum atomic E-state index is -0.384. The molecule has 9 heteroatoms. The van der Waals surface area contributed by atoms with Crippen molar-refractivity contribution < 1.29 is 13.9 Å². The molecule has 0 unspecified atom stereocenters. The summed E-state index contributed by atoms with van der Waals surface area (Å²) in [5, 5.41) is 8.34. The number of hydrogen-bond acceptors (Lipinski definition) is 6. The van der Waals surface area contributed by atoms with Crippen molar-refractivity contribution in [3.8, 4) is 5.75 Å². The predicted molar refractivity (Wildman–Crippen MR) is 109 cm³/mol. The first-order chi connectivity index (χ1) is 14.5. The van der Waals surface area contributed by atoms with Gasteiger partial charge in [0.05, 0.1) is 12.5 Å². The molecule has 2 heterocycles. The van der Waals surface area contributed by atoms with E-state index in [0.717, 1.165) is 10.2 Å². The molecule has 1 fully saturated rings. The first-order valence-corrected chi connectivity index (χ1v) is 9.70. The standard InChI is InChI=1S/C21H22FN5O3/c1-30-19-7-6-15(12-17(19)22)13-25-8-10-26(11-9-25)20(28)14-27-21(29)16-4-2-3-5-18(16)23-24-27/h2-7,12H,8-11,13-14H2,1H3. The number of fused-ring (bicyclic) bond motifs is 1. The molecule has 0 bridgehead atoms. The van der Waals surface area contributed by atoms with Crippen LogP contribution in [0.3, 0.4) is 0 Å². The van der Waals surface area contributed by atoms with E-state index < -0.39 is 0 Å². The van der Waals surface area contributed by atoms with Crippen LogP contribution < -0.4 is 10.3 Å². The van der Waals surface area contributed by atoms with Crippen LogP contribution in [0.4, 0.5) is 4.39 Å². The molecule has 0 saturated carbocycles. The number of nitrogens with zero attached hydrogens (tertiary/aromatic N) is 5. The highest BCUT2D eigenvalue weighted by molar-refractivity contribution is 5.78. The Bertz CT molecular complexity index is 1130. The number of ether oxygens (including phenoxy) is 1. The summed E-state index contributed by atoms with van der Waals surface area (Å²) in [4.78, 5) is 29.0. The van der Waals surface area contributed by atoms with Crippen molar-refractivity contribution in [3.05, 3.63) is 64.2 Å². The van der Waals surface area contributed by atoms with E-state index in [-0.39, 0.29) is 29.6 Å². The van der Waals surface area contributed by atoms with Gasteiger partial charge in [-0.15, -0.1) is 5.10 Å². The highest BCUT2D eigenvalue weighted by Gasteiger charge is 2.22. The molecule has 1 amide bonds. The van der Waals surface area contributed by atoms with Crippen molar-refractivity contribution in [2.24, 2.45) is 0 Å². The molecule has 1 aromatic heterocycles. The van der Waals surface area contributed by atoms with Crippen molar-refractivity contribution in [2.75, 3.05) is 33.3 Å². The minimum Gasteiger partial charge on any atom is -0.494 e. The Balaban J connectivity index is 1.35. The number of halogens is 1. The number of amides is 1. The Morgan fingerprint density at radius 3 is 2.63 bits per heavy atom. The maximum Gasteiger partial charge on any atom is 0.278 e. The SMILES string of the molecule is COc1ccc(CN2CCN(C(=O)Cn3nnc4ccccc4c3=O)CC2)cc1F. The van der Waals surface area contributed by atoms with Crippen LogP contribution in [-0.4, -0.2) is 64.0 Å². The van der Waals surface area contributed by atoms with Crippen molar-refractivity contribution in [3.63, 3.8) is 0 Å². The van der Waals surface area contributed by atoms with Crippen LogP contribution in [0.5, 0.6) is 5.75 Å². The lowest BCUT2D eigenvalue weighted by molar-refractivity contribution is -0.134. The fourth-order valence-corrected chi connectivity index (χ4v) is 3.58. The summed E-state index contributed by atoms with van der Waals surface area (Å²) in [7, 11) is 1.44. The zero-order valence-corrected chi connectivity index (χ0v) is 16.6. The smallest absolute Gasteiger partial charge is 0.278 e. The van der Waals surface area contributed by atoms with E-state index in [0.29, 0.717) is 43.6 Å². The van der Waals surface area contributed by atoms with E-state index >= 15 is 0 Å². The van der Waals surface area contributed by atoms with Gasteiger partial charge in [0.25, 0.3) is 5.56 Å². The number of carbonyl (C=O) groups is 1. The Hall–Kier alpha value is -3.33.